The maximum atomic E-state index is 12.2. The number of Topliss-reactive ketones (excluding diaryl/α,β-unsaturated/α-hetero) is 1. The highest BCUT2D eigenvalue weighted by Crippen LogP contribution is 2.20. The second kappa shape index (κ2) is 7.00. The fourth-order valence-corrected chi connectivity index (χ4v) is 1.93. The zero-order chi connectivity index (χ0) is 13.7. The summed E-state index contributed by atoms with van der Waals surface area (Å²) in [5.74, 6) is 0.0906. The number of rotatable bonds is 6. The number of hydrogen-bond donors (Lipinski definition) is 1. The molecule has 3 nitrogen and oxygen atoms in total. The smallest absolute Gasteiger partial charge is 0.145 e. The largest absolute Gasteiger partial charge is 0.313 e. The number of aromatic nitrogens is 1. The first-order chi connectivity index (χ1) is 8.41. The van der Waals surface area contributed by atoms with Gasteiger partial charge in [0, 0.05) is 29.2 Å². The zero-order valence-electron chi connectivity index (χ0n) is 11.4. The Bertz CT molecular complexity index is 387. The van der Waals surface area contributed by atoms with Crippen LogP contribution >= 0.6 is 15.9 Å². The number of carbonyl (C=O) groups excluding carboxylic acids is 1. The van der Waals surface area contributed by atoms with Gasteiger partial charge in [-0.3, -0.25) is 9.78 Å². The molecule has 1 rings (SSSR count). The molecule has 0 fully saturated rings. The van der Waals surface area contributed by atoms with Crippen molar-refractivity contribution in [2.24, 2.45) is 5.92 Å². The third-order valence-electron chi connectivity index (χ3n) is 2.75. The lowest BCUT2D eigenvalue weighted by Crippen LogP contribution is -2.33. The molecule has 0 aromatic carbocycles. The lowest BCUT2D eigenvalue weighted by atomic mass is 9.91. The Hall–Kier alpha value is -0.740. The molecule has 1 N–H and O–H groups in total. The van der Waals surface area contributed by atoms with Gasteiger partial charge in [-0.15, -0.1) is 0 Å². The molecule has 0 aliphatic heterocycles. The number of pyridine rings is 1. The first-order valence-electron chi connectivity index (χ1n) is 6.30. The summed E-state index contributed by atoms with van der Waals surface area (Å²) in [6.45, 7) is 8.66. The topological polar surface area (TPSA) is 42.0 Å². The molecule has 1 heterocycles. The maximum absolute atomic E-state index is 12.2. The molecule has 0 aliphatic rings. The van der Waals surface area contributed by atoms with Crippen molar-refractivity contribution in [3.05, 3.63) is 28.5 Å². The van der Waals surface area contributed by atoms with Crippen LogP contribution in [0.3, 0.4) is 0 Å². The molecule has 18 heavy (non-hydrogen) atoms. The van der Waals surface area contributed by atoms with Gasteiger partial charge in [0.05, 0.1) is 11.6 Å². The van der Waals surface area contributed by atoms with Crippen LogP contribution in [0, 0.1) is 5.92 Å². The summed E-state index contributed by atoms with van der Waals surface area (Å²) in [5, 5.41) is 3.32. The van der Waals surface area contributed by atoms with E-state index in [0.29, 0.717) is 12.6 Å². The van der Waals surface area contributed by atoms with Crippen molar-refractivity contribution in [2.75, 3.05) is 6.54 Å². The van der Waals surface area contributed by atoms with Crippen LogP contribution in [0.2, 0.25) is 0 Å². The summed E-state index contributed by atoms with van der Waals surface area (Å²) >= 11 is 3.36. The number of carbonyl (C=O) groups is 1. The minimum absolute atomic E-state index is 0.0226. The van der Waals surface area contributed by atoms with Gasteiger partial charge in [-0.1, -0.05) is 27.7 Å². The highest BCUT2D eigenvalue weighted by molar-refractivity contribution is 9.10. The Morgan fingerprint density at radius 1 is 1.33 bits per heavy atom. The van der Waals surface area contributed by atoms with Crippen LogP contribution in [-0.4, -0.2) is 23.4 Å². The summed E-state index contributed by atoms with van der Waals surface area (Å²) in [7, 11) is 0. The number of ketones is 1. The average Bonchev–Trinajstić information content (AvgIpc) is 2.30. The van der Waals surface area contributed by atoms with Gasteiger partial charge in [0.2, 0.25) is 0 Å². The molecule has 0 saturated carbocycles. The second-order valence-electron chi connectivity index (χ2n) is 5.07. The van der Waals surface area contributed by atoms with Gasteiger partial charge in [-0.25, -0.2) is 0 Å². The Labute approximate surface area is 118 Å². The zero-order valence-corrected chi connectivity index (χ0v) is 13.0. The molecule has 0 aliphatic carbocycles. The van der Waals surface area contributed by atoms with E-state index in [2.05, 4.69) is 40.1 Å². The molecule has 1 aromatic rings. The molecule has 0 unspecified atom stereocenters. The van der Waals surface area contributed by atoms with Crippen molar-refractivity contribution in [3.8, 4) is 0 Å². The van der Waals surface area contributed by atoms with Crippen molar-refractivity contribution in [3.63, 3.8) is 0 Å². The quantitative estimate of drug-likeness (QED) is 0.877. The highest BCUT2D eigenvalue weighted by Gasteiger charge is 2.24. The van der Waals surface area contributed by atoms with Crippen LogP contribution in [0.1, 0.15) is 39.3 Å². The predicted octanol–water partition coefficient (Wildman–Crippen LogP) is 3.15. The van der Waals surface area contributed by atoms with Crippen molar-refractivity contribution in [2.45, 2.75) is 39.7 Å². The summed E-state index contributed by atoms with van der Waals surface area (Å²) in [4.78, 5) is 16.6. The summed E-state index contributed by atoms with van der Waals surface area (Å²) < 4.78 is 0.929. The van der Waals surface area contributed by atoms with Crippen LogP contribution in [0.4, 0.5) is 0 Å². The van der Waals surface area contributed by atoms with Gasteiger partial charge in [-0.05, 0) is 28.1 Å². The Balaban J connectivity index is 2.89. The van der Waals surface area contributed by atoms with E-state index < -0.39 is 0 Å². The first kappa shape index (κ1) is 15.3. The minimum atomic E-state index is -0.166. The Morgan fingerprint density at radius 2 is 2.00 bits per heavy atom. The van der Waals surface area contributed by atoms with E-state index in [4.69, 9.17) is 0 Å². The van der Waals surface area contributed by atoms with Crippen LogP contribution < -0.4 is 5.32 Å². The van der Waals surface area contributed by atoms with Crippen molar-refractivity contribution in [1.82, 2.24) is 10.3 Å². The third kappa shape index (κ3) is 4.50. The van der Waals surface area contributed by atoms with Gasteiger partial charge in [0.25, 0.3) is 0 Å². The van der Waals surface area contributed by atoms with Gasteiger partial charge in [0.1, 0.15) is 5.78 Å². The SMILES string of the molecule is CC(C)NC[C@@H](C(=O)C(C)C)c1ccc(Br)cn1. The monoisotopic (exact) mass is 312 g/mol. The first-order valence-corrected chi connectivity index (χ1v) is 7.09. The van der Waals surface area contributed by atoms with Crippen LogP contribution in [-0.2, 0) is 4.79 Å². The highest BCUT2D eigenvalue weighted by atomic mass is 79.9. The van der Waals surface area contributed by atoms with E-state index in [0.717, 1.165) is 10.2 Å². The van der Waals surface area contributed by atoms with E-state index in [1.54, 1.807) is 6.20 Å². The molecule has 0 amide bonds. The van der Waals surface area contributed by atoms with Gasteiger partial charge in [-0.2, -0.15) is 0 Å². The Kier molecular flexibility index (Phi) is 5.96. The minimum Gasteiger partial charge on any atom is -0.313 e. The lowest BCUT2D eigenvalue weighted by Gasteiger charge is -2.19. The fourth-order valence-electron chi connectivity index (χ4n) is 1.70. The summed E-state index contributed by atoms with van der Waals surface area (Å²) in [5.41, 5.74) is 0.838. The maximum Gasteiger partial charge on any atom is 0.145 e. The average molecular weight is 313 g/mol. The molecule has 100 valence electrons. The Morgan fingerprint density at radius 3 is 2.44 bits per heavy atom. The molecule has 0 bridgehead atoms. The van der Waals surface area contributed by atoms with Gasteiger partial charge in [0.15, 0.2) is 0 Å². The fraction of sp³-hybridized carbons (Fsp3) is 0.571. The van der Waals surface area contributed by atoms with E-state index in [-0.39, 0.29) is 17.6 Å². The summed E-state index contributed by atoms with van der Waals surface area (Å²) in [6, 6.07) is 4.21. The molecule has 0 saturated heterocycles. The predicted molar refractivity (Wildman–Crippen MR) is 77.7 cm³/mol. The molecular formula is C14H21BrN2O. The summed E-state index contributed by atoms with van der Waals surface area (Å²) in [6.07, 6.45) is 1.74. The van der Waals surface area contributed by atoms with Gasteiger partial charge >= 0.3 is 0 Å². The van der Waals surface area contributed by atoms with Crippen LogP contribution in [0.5, 0.6) is 0 Å². The van der Waals surface area contributed by atoms with Crippen LogP contribution in [0.25, 0.3) is 0 Å². The third-order valence-corrected chi connectivity index (χ3v) is 3.22. The lowest BCUT2D eigenvalue weighted by molar-refractivity contribution is -0.123. The normalized spacial score (nSPS) is 13.1. The van der Waals surface area contributed by atoms with Gasteiger partial charge < -0.3 is 5.32 Å². The van der Waals surface area contributed by atoms with Crippen molar-refractivity contribution < 1.29 is 4.79 Å². The number of nitrogens with one attached hydrogen (secondary N) is 1. The molecule has 1 atom stereocenters. The molecule has 0 radical (unpaired) electrons. The van der Waals surface area contributed by atoms with Crippen LogP contribution in [0.15, 0.2) is 22.8 Å². The standard InChI is InChI=1S/C14H21BrN2O/c1-9(2)14(18)12(8-16-10(3)4)13-6-5-11(15)7-17-13/h5-7,9-10,12,16H,8H2,1-4H3/t12-/m1/s1. The molecule has 1 aromatic heterocycles. The number of nitrogens with zero attached hydrogens (tertiary/aromatic N) is 1. The van der Waals surface area contributed by atoms with Crippen molar-refractivity contribution in [1.29, 1.82) is 0 Å². The van der Waals surface area contributed by atoms with E-state index in [1.807, 2.05) is 26.0 Å². The molecule has 4 heteroatoms. The van der Waals surface area contributed by atoms with E-state index in [9.17, 15) is 4.79 Å². The second-order valence-corrected chi connectivity index (χ2v) is 5.99. The molecule has 0 spiro atoms. The van der Waals surface area contributed by atoms with E-state index >= 15 is 0 Å². The number of halogens is 1. The van der Waals surface area contributed by atoms with E-state index in [1.165, 1.54) is 0 Å². The van der Waals surface area contributed by atoms with Crippen molar-refractivity contribution >= 4 is 21.7 Å². The molecular weight excluding hydrogens is 292 g/mol. The number of hydrogen-bond acceptors (Lipinski definition) is 3.